The molecule has 5 bridgehead atoms. The van der Waals surface area contributed by atoms with Gasteiger partial charge in [0.15, 0.2) is 0 Å². The molecular formula is C22H26N2O3. The second-order valence-electron chi connectivity index (χ2n) is 9.05. The second kappa shape index (κ2) is 4.76. The molecule has 5 nitrogen and oxygen atoms in total. The van der Waals surface area contributed by atoms with Crippen LogP contribution in [0.2, 0.25) is 0 Å². The molecule has 0 aromatic heterocycles. The average molecular weight is 366 g/mol. The predicted molar refractivity (Wildman–Crippen MR) is 102 cm³/mol. The first-order valence-electron chi connectivity index (χ1n) is 10.0. The number of aliphatic hydroxyl groups is 1. The van der Waals surface area contributed by atoms with E-state index in [-0.39, 0.29) is 29.4 Å². The van der Waals surface area contributed by atoms with Crippen LogP contribution in [0.4, 0.5) is 5.69 Å². The van der Waals surface area contributed by atoms with Gasteiger partial charge in [-0.15, -0.1) is 0 Å². The molecule has 5 fully saturated rings. The Morgan fingerprint density at radius 3 is 2.89 bits per heavy atom. The number of likely N-dealkylation sites (N-methyl/N-ethyl adjacent to an activating group) is 1. The highest BCUT2D eigenvalue weighted by Crippen LogP contribution is 2.72. The number of allylic oxidation sites excluding steroid dienone is 1. The highest BCUT2D eigenvalue weighted by molar-refractivity contribution is 5.84. The normalized spacial score (nSPS) is 49.5. The van der Waals surface area contributed by atoms with Crippen molar-refractivity contribution < 1.29 is 14.6 Å². The summed E-state index contributed by atoms with van der Waals surface area (Å²) >= 11 is 0. The maximum absolute atomic E-state index is 13.3. The first kappa shape index (κ1) is 16.1. The Bertz CT molecular complexity index is 897. The summed E-state index contributed by atoms with van der Waals surface area (Å²) in [5.74, 6) is -0.146. The summed E-state index contributed by atoms with van der Waals surface area (Å²) in [6, 6.07) is 9.09. The Kier molecular flexibility index (Phi) is 2.84. The number of anilines is 1. The summed E-state index contributed by atoms with van der Waals surface area (Å²) in [4.78, 5) is 18.2. The lowest BCUT2D eigenvalue weighted by Gasteiger charge is -2.61. The summed E-state index contributed by atoms with van der Waals surface area (Å²) in [5, 5.41) is 12.0. The Hall–Kier alpha value is -1.85. The van der Waals surface area contributed by atoms with Gasteiger partial charge in [0.25, 0.3) is 0 Å². The topological polar surface area (TPSA) is 53.0 Å². The van der Waals surface area contributed by atoms with Crippen LogP contribution in [0, 0.1) is 11.3 Å². The summed E-state index contributed by atoms with van der Waals surface area (Å²) in [6.45, 7) is 2.97. The van der Waals surface area contributed by atoms with Crippen molar-refractivity contribution in [3.05, 3.63) is 41.5 Å². The molecule has 5 aliphatic heterocycles. The Morgan fingerprint density at radius 1 is 1.37 bits per heavy atom. The maximum Gasteiger partial charge on any atom is 0.316 e. The van der Waals surface area contributed by atoms with Crippen LogP contribution in [0.3, 0.4) is 0 Å². The highest BCUT2D eigenvalue weighted by Gasteiger charge is 2.82. The molecule has 5 heterocycles. The first-order chi connectivity index (χ1) is 13.0. The molecule has 1 aromatic carbocycles. The van der Waals surface area contributed by atoms with Gasteiger partial charge in [0.2, 0.25) is 0 Å². The number of rotatable bonds is 1. The number of hydrogen-bond acceptors (Lipinski definition) is 5. The van der Waals surface area contributed by atoms with Gasteiger partial charge >= 0.3 is 5.97 Å². The highest BCUT2D eigenvalue weighted by atomic mass is 16.5. The Labute approximate surface area is 159 Å². The number of fused-ring (bicyclic) bond motifs is 2. The van der Waals surface area contributed by atoms with E-state index in [1.54, 1.807) is 0 Å². The van der Waals surface area contributed by atoms with Crippen molar-refractivity contribution >= 4 is 11.7 Å². The van der Waals surface area contributed by atoms with E-state index in [0.29, 0.717) is 6.04 Å². The number of para-hydroxylation sites is 1. The van der Waals surface area contributed by atoms with Gasteiger partial charge in [0.05, 0.1) is 19.3 Å². The van der Waals surface area contributed by atoms with Crippen LogP contribution < -0.4 is 4.90 Å². The molecular weight excluding hydrogens is 340 g/mol. The van der Waals surface area contributed by atoms with Crippen molar-refractivity contribution in [3.8, 4) is 0 Å². The van der Waals surface area contributed by atoms with Crippen LogP contribution in [0.25, 0.3) is 0 Å². The fourth-order valence-corrected chi connectivity index (χ4v) is 7.97. The zero-order valence-corrected chi connectivity index (χ0v) is 16.1. The zero-order valence-electron chi connectivity index (χ0n) is 16.1. The standard InChI is InChI=1S/C22H26N2O3/c1-4-12-11-24-16-9-14(12)22(20(26)27-3)17(24)10-21(19(22)25)13-7-5-6-8-15(13)23(2)18(16)21/h4-8,14,16-19,25H,9-11H2,1-3H3/t14?,16?,17-,18?,19?,21+,22?/m1/s1. The number of nitrogens with zero attached hydrogens (tertiary/aromatic N) is 2. The van der Waals surface area contributed by atoms with Crippen LogP contribution in [-0.4, -0.2) is 60.9 Å². The third-order valence-electron chi connectivity index (χ3n) is 8.72. The summed E-state index contributed by atoms with van der Waals surface area (Å²) in [6.07, 6.45) is 3.19. The molecule has 5 heteroatoms. The van der Waals surface area contributed by atoms with E-state index in [1.165, 1.54) is 23.9 Å². The van der Waals surface area contributed by atoms with Crippen LogP contribution in [-0.2, 0) is 14.9 Å². The lowest BCUT2D eigenvalue weighted by molar-refractivity contribution is -0.179. The molecule has 1 aromatic rings. The zero-order chi connectivity index (χ0) is 18.7. The van der Waals surface area contributed by atoms with Gasteiger partial charge < -0.3 is 14.7 Å². The molecule has 0 radical (unpaired) electrons. The minimum Gasteiger partial charge on any atom is -0.468 e. The fourth-order valence-electron chi connectivity index (χ4n) is 7.97. The number of esters is 1. The Balaban J connectivity index is 1.67. The van der Waals surface area contributed by atoms with Gasteiger partial charge in [-0.05, 0) is 31.4 Å². The van der Waals surface area contributed by atoms with Gasteiger partial charge in [-0.1, -0.05) is 29.8 Å². The number of ether oxygens (including phenoxy) is 1. The van der Waals surface area contributed by atoms with Gasteiger partial charge in [0.1, 0.15) is 5.41 Å². The number of aliphatic hydroxyl groups excluding tert-OH is 1. The van der Waals surface area contributed by atoms with Crippen LogP contribution >= 0.6 is 0 Å². The number of benzene rings is 1. The van der Waals surface area contributed by atoms with E-state index >= 15 is 0 Å². The van der Waals surface area contributed by atoms with Crippen LogP contribution in [0.1, 0.15) is 25.3 Å². The molecule has 1 saturated carbocycles. The van der Waals surface area contributed by atoms with Crippen LogP contribution in [0.5, 0.6) is 0 Å². The second-order valence-corrected chi connectivity index (χ2v) is 9.05. The van der Waals surface area contributed by atoms with Crippen molar-refractivity contribution in [1.82, 2.24) is 4.90 Å². The third kappa shape index (κ3) is 1.40. The molecule has 4 saturated heterocycles. The van der Waals surface area contributed by atoms with Gasteiger partial charge in [-0.3, -0.25) is 9.69 Å². The number of carbonyl (C=O) groups excluding carboxylic acids is 1. The maximum atomic E-state index is 13.3. The molecule has 1 aliphatic carbocycles. The van der Waals surface area contributed by atoms with Crippen molar-refractivity contribution in [2.45, 2.75) is 49.4 Å². The largest absolute Gasteiger partial charge is 0.468 e. The summed E-state index contributed by atoms with van der Waals surface area (Å²) in [7, 11) is 3.63. The van der Waals surface area contributed by atoms with Crippen molar-refractivity contribution in [3.63, 3.8) is 0 Å². The average Bonchev–Trinajstić information content (AvgIpc) is 3.08. The van der Waals surface area contributed by atoms with E-state index in [9.17, 15) is 9.90 Å². The third-order valence-corrected chi connectivity index (χ3v) is 8.72. The van der Waals surface area contributed by atoms with Crippen molar-refractivity contribution in [2.75, 3.05) is 25.6 Å². The quantitative estimate of drug-likeness (QED) is 0.606. The molecule has 0 amide bonds. The number of hydrogen-bond donors (Lipinski definition) is 1. The lowest BCUT2D eigenvalue weighted by Crippen LogP contribution is -2.71. The molecule has 6 unspecified atom stereocenters. The van der Waals surface area contributed by atoms with Crippen molar-refractivity contribution in [1.29, 1.82) is 0 Å². The van der Waals surface area contributed by atoms with Gasteiger partial charge in [-0.2, -0.15) is 0 Å². The van der Waals surface area contributed by atoms with E-state index in [4.69, 9.17) is 4.74 Å². The molecule has 1 N–H and O–H groups in total. The van der Waals surface area contributed by atoms with E-state index in [0.717, 1.165) is 19.4 Å². The lowest BCUT2D eigenvalue weighted by atomic mass is 9.58. The minimum atomic E-state index is -0.849. The number of piperidine rings is 4. The summed E-state index contributed by atoms with van der Waals surface area (Å²) in [5.41, 5.74) is 2.48. The van der Waals surface area contributed by atoms with Crippen molar-refractivity contribution in [2.24, 2.45) is 11.3 Å². The molecule has 1 spiro atoms. The monoisotopic (exact) mass is 366 g/mol. The molecule has 7 rings (SSSR count). The fraction of sp³-hybridized carbons (Fsp3) is 0.591. The molecule has 142 valence electrons. The summed E-state index contributed by atoms with van der Waals surface area (Å²) < 4.78 is 5.37. The first-order valence-corrected chi connectivity index (χ1v) is 10.0. The smallest absolute Gasteiger partial charge is 0.316 e. The van der Waals surface area contributed by atoms with Gasteiger partial charge in [0, 0.05) is 42.7 Å². The van der Waals surface area contributed by atoms with E-state index in [1.807, 2.05) is 0 Å². The minimum absolute atomic E-state index is 0.0585. The SMILES string of the molecule is CC=C1CN2C3CC1C1(C(=O)OC)C(O)[C@@]4(C[C@@H]21)c1ccccc1N(C)C34. The van der Waals surface area contributed by atoms with E-state index in [2.05, 4.69) is 54.1 Å². The molecule has 27 heavy (non-hydrogen) atoms. The predicted octanol–water partition coefficient (Wildman–Crippen LogP) is 1.70. The molecule has 8 atom stereocenters. The molecule has 6 aliphatic rings. The van der Waals surface area contributed by atoms with E-state index < -0.39 is 11.5 Å². The van der Waals surface area contributed by atoms with Crippen LogP contribution in [0.15, 0.2) is 35.9 Å². The van der Waals surface area contributed by atoms with Gasteiger partial charge in [-0.25, -0.2) is 0 Å². The number of carbonyl (C=O) groups is 1. The number of methoxy groups -OCH3 is 1. The Morgan fingerprint density at radius 2 is 2.15 bits per heavy atom.